The Morgan fingerprint density at radius 1 is 1.55 bits per heavy atom. The number of amides is 1. The topological polar surface area (TPSA) is 81.5 Å². The van der Waals surface area contributed by atoms with Gasteiger partial charge in [-0.05, 0) is 19.4 Å². The fraction of sp³-hybridized carbons (Fsp3) is 0.462. The number of hydrogen-bond acceptors (Lipinski definition) is 4. The number of hydrogen-bond donors (Lipinski definition) is 1. The fourth-order valence-electron chi connectivity index (χ4n) is 1.70. The highest BCUT2D eigenvalue weighted by atomic mass is 35.5. The summed E-state index contributed by atoms with van der Waals surface area (Å²) >= 11 is 5.74. The summed E-state index contributed by atoms with van der Waals surface area (Å²) in [6.07, 6.45) is 1.88. The number of rotatable bonds is 7. The van der Waals surface area contributed by atoms with Crippen molar-refractivity contribution in [3.8, 4) is 5.75 Å². The molecule has 0 bridgehead atoms. The monoisotopic (exact) mass is 300 g/mol. The van der Waals surface area contributed by atoms with Gasteiger partial charge in [0.25, 0.3) is 11.6 Å². The van der Waals surface area contributed by atoms with Crippen molar-refractivity contribution in [2.24, 2.45) is 0 Å². The summed E-state index contributed by atoms with van der Waals surface area (Å²) in [6.45, 7) is 3.81. The molecule has 1 amide bonds. The summed E-state index contributed by atoms with van der Waals surface area (Å²) in [7, 11) is 0. The molecule has 1 atom stereocenters. The van der Waals surface area contributed by atoms with Gasteiger partial charge in [0.15, 0.2) is 6.61 Å². The van der Waals surface area contributed by atoms with Gasteiger partial charge >= 0.3 is 0 Å². The van der Waals surface area contributed by atoms with Crippen LogP contribution < -0.4 is 10.1 Å². The zero-order valence-electron chi connectivity index (χ0n) is 11.4. The van der Waals surface area contributed by atoms with Gasteiger partial charge < -0.3 is 10.1 Å². The van der Waals surface area contributed by atoms with Crippen molar-refractivity contribution in [3.05, 3.63) is 33.3 Å². The molecule has 110 valence electrons. The van der Waals surface area contributed by atoms with Crippen LogP contribution in [0.25, 0.3) is 0 Å². The molecule has 20 heavy (non-hydrogen) atoms. The van der Waals surface area contributed by atoms with Crippen molar-refractivity contribution in [3.63, 3.8) is 0 Å². The molecule has 0 aromatic heterocycles. The minimum atomic E-state index is -0.578. The lowest BCUT2D eigenvalue weighted by atomic mass is 10.2. The number of benzene rings is 1. The quantitative estimate of drug-likeness (QED) is 0.620. The summed E-state index contributed by atoms with van der Waals surface area (Å²) in [5, 5.41) is 13.4. The van der Waals surface area contributed by atoms with E-state index in [9.17, 15) is 14.9 Å². The lowest BCUT2D eigenvalue weighted by Crippen LogP contribution is -2.35. The first-order valence-corrected chi connectivity index (χ1v) is 6.68. The Morgan fingerprint density at radius 3 is 2.80 bits per heavy atom. The molecule has 6 nitrogen and oxygen atoms in total. The molecule has 0 saturated heterocycles. The lowest BCUT2D eigenvalue weighted by Gasteiger charge is -2.13. The van der Waals surface area contributed by atoms with Crippen LogP contribution in [-0.2, 0) is 4.79 Å². The van der Waals surface area contributed by atoms with Gasteiger partial charge in [-0.25, -0.2) is 0 Å². The Bertz CT molecular complexity index is 493. The second-order valence-electron chi connectivity index (χ2n) is 4.42. The van der Waals surface area contributed by atoms with Gasteiger partial charge in [-0.1, -0.05) is 24.9 Å². The standard InChI is InChI=1S/C13H17ClN2O4/c1-3-4-9(2)15-13(17)8-20-10-5-6-12(16(18)19)11(14)7-10/h5-7,9H,3-4,8H2,1-2H3,(H,15,17). The number of nitrogens with one attached hydrogen (secondary N) is 1. The minimum Gasteiger partial charge on any atom is -0.484 e. The number of nitro groups is 1. The van der Waals surface area contributed by atoms with E-state index in [1.54, 1.807) is 0 Å². The Balaban J connectivity index is 2.52. The van der Waals surface area contributed by atoms with E-state index in [0.717, 1.165) is 12.8 Å². The molecule has 1 aromatic carbocycles. The third kappa shape index (κ3) is 5.05. The predicted molar refractivity (Wildman–Crippen MR) is 76.1 cm³/mol. The van der Waals surface area contributed by atoms with Crippen LogP contribution in [0.15, 0.2) is 18.2 Å². The summed E-state index contributed by atoms with van der Waals surface area (Å²) in [6, 6.07) is 4.07. The molecule has 7 heteroatoms. The zero-order valence-corrected chi connectivity index (χ0v) is 12.1. The number of carbonyl (C=O) groups is 1. The van der Waals surface area contributed by atoms with Gasteiger partial charge in [0, 0.05) is 18.2 Å². The van der Waals surface area contributed by atoms with E-state index >= 15 is 0 Å². The second kappa shape index (κ2) is 7.69. The SMILES string of the molecule is CCCC(C)NC(=O)COc1ccc([N+](=O)[O-])c(Cl)c1. The number of ether oxygens (including phenoxy) is 1. The van der Waals surface area contributed by atoms with Crippen molar-refractivity contribution < 1.29 is 14.5 Å². The largest absolute Gasteiger partial charge is 0.484 e. The summed E-state index contributed by atoms with van der Waals surface area (Å²) in [4.78, 5) is 21.6. The van der Waals surface area contributed by atoms with Gasteiger partial charge in [0.05, 0.1) is 4.92 Å². The normalized spacial score (nSPS) is 11.8. The van der Waals surface area contributed by atoms with Crippen LogP contribution in [0.1, 0.15) is 26.7 Å². The van der Waals surface area contributed by atoms with Crippen molar-refractivity contribution in [2.75, 3.05) is 6.61 Å². The fourth-order valence-corrected chi connectivity index (χ4v) is 1.94. The van der Waals surface area contributed by atoms with Crippen LogP contribution in [0, 0.1) is 10.1 Å². The van der Waals surface area contributed by atoms with Gasteiger partial charge in [-0.15, -0.1) is 0 Å². The number of nitrogens with zero attached hydrogens (tertiary/aromatic N) is 1. The first-order chi connectivity index (χ1) is 9.43. The van der Waals surface area contributed by atoms with E-state index in [1.807, 2.05) is 13.8 Å². The van der Waals surface area contributed by atoms with Crippen LogP contribution >= 0.6 is 11.6 Å². The summed E-state index contributed by atoms with van der Waals surface area (Å²) < 4.78 is 5.24. The zero-order chi connectivity index (χ0) is 15.1. The van der Waals surface area contributed by atoms with Crippen molar-refractivity contribution in [2.45, 2.75) is 32.7 Å². The molecule has 1 rings (SSSR count). The Kier molecular flexibility index (Phi) is 6.24. The summed E-state index contributed by atoms with van der Waals surface area (Å²) in [5.74, 6) is 0.0827. The van der Waals surface area contributed by atoms with Crippen molar-refractivity contribution in [1.29, 1.82) is 0 Å². The average Bonchev–Trinajstić information content (AvgIpc) is 2.36. The number of carbonyl (C=O) groups excluding carboxylic acids is 1. The first kappa shape index (κ1) is 16.2. The average molecular weight is 301 g/mol. The molecule has 0 aliphatic carbocycles. The predicted octanol–water partition coefficient (Wildman–Crippen LogP) is 2.93. The number of halogens is 1. The lowest BCUT2D eigenvalue weighted by molar-refractivity contribution is -0.384. The molecule has 0 fully saturated rings. The van der Waals surface area contributed by atoms with E-state index in [2.05, 4.69) is 5.32 Å². The highest BCUT2D eigenvalue weighted by Crippen LogP contribution is 2.28. The maximum absolute atomic E-state index is 11.6. The molecule has 1 aromatic rings. The third-order valence-electron chi connectivity index (χ3n) is 2.61. The van der Waals surface area contributed by atoms with Crippen molar-refractivity contribution in [1.82, 2.24) is 5.32 Å². The molecule has 1 N–H and O–H groups in total. The Morgan fingerprint density at radius 2 is 2.25 bits per heavy atom. The molecule has 0 saturated carbocycles. The van der Waals surface area contributed by atoms with Crippen LogP contribution in [0.2, 0.25) is 5.02 Å². The molecule has 0 radical (unpaired) electrons. The highest BCUT2D eigenvalue weighted by molar-refractivity contribution is 6.32. The summed E-state index contributed by atoms with van der Waals surface area (Å²) in [5.41, 5.74) is -0.194. The van der Waals surface area contributed by atoms with E-state index in [1.165, 1.54) is 18.2 Å². The smallest absolute Gasteiger partial charge is 0.288 e. The Hall–Kier alpha value is -1.82. The molecule has 0 aliphatic heterocycles. The van der Waals surface area contributed by atoms with Gasteiger partial charge in [-0.2, -0.15) is 0 Å². The van der Waals surface area contributed by atoms with Crippen molar-refractivity contribution >= 4 is 23.2 Å². The molecule has 0 heterocycles. The van der Waals surface area contributed by atoms with Crippen LogP contribution in [0.4, 0.5) is 5.69 Å². The van der Waals surface area contributed by atoms with E-state index in [-0.39, 0.29) is 29.3 Å². The molecule has 0 spiro atoms. The van der Waals surface area contributed by atoms with Crippen LogP contribution in [0.5, 0.6) is 5.75 Å². The maximum atomic E-state index is 11.6. The third-order valence-corrected chi connectivity index (χ3v) is 2.92. The molecule has 0 aliphatic rings. The highest BCUT2D eigenvalue weighted by Gasteiger charge is 2.13. The molecular formula is C13H17ClN2O4. The Labute approximate surface area is 122 Å². The molecular weight excluding hydrogens is 284 g/mol. The second-order valence-corrected chi connectivity index (χ2v) is 4.82. The van der Waals surface area contributed by atoms with E-state index < -0.39 is 4.92 Å². The van der Waals surface area contributed by atoms with Gasteiger partial charge in [-0.3, -0.25) is 14.9 Å². The first-order valence-electron chi connectivity index (χ1n) is 6.30. The van der Waals surface area contributed by atoms with E-state index in [0.29, 0.717) is 5.75 Å². The van der Waals surface area contributed by atoms with Crippen LogP contribution in [0.3, 0.4) is 0 Å². The minimum absolute atomic E-state index is 0.0211. The van der Waals surface area contributed by atoms with Gasteiger partial charge in [0.1, 0.15) is 10.8 Å². The van der Waals surface area contributed by atoms with Gasteiger partial charge in [0.2, 0.25) is 0 Å². The molecule has 1 unspecified atom stereocenters. The van der Waals surface area contributed by atoms with Crippen LogP contribution in [-0.4, -0.2) is 23.5 Å². The van der Waals surface area contributed by atoms with E-state index in [4.69, 9.17) is 16.3 Å². The number of nitro benzene ring substituents is 1. The maximum Gasteiger partial charge on any atom is 0.288 e.